The van der Waals surface area contributed by atoms with Crippen molar-refractivity contribution in [2.75, 3.05) is 0 Å². The van der Waals surface area contributed by atoms with Gasteiger partial charge in [-0.1, -0.05) is 0 Å². The van der Waals surface area contributed by atoms with Gasteiger partial charge in [0.15, 0.2) is 0 Å². The molecule has 7 heavy (non-hydrogen) atoms. The van der Waals surface area contributed by atoms with E-state index in [4.69, 9.17) is 19.2 Å². The SMILES string of the molecule is O=P(O)(O)O.[BiH3].[PbH2]. The van der Waals surface area contributed by atoms with Crippen LogP contribution in [0, 0.1) is 0 Å². The fourth-order valence-electron chi connectivity index (χ4n) is 0. The molecule has 0 saturated carbocycles. The summed E-state index contributed by atoms with van der Waals surface area (Å²) < 4.78 is 8.88. The molecule has 0 aliphatic carbocycles. The summed E-state index contributed by atoms with van der Waals surface area (Å²) >= 11 is 0. The van der Waals surface area contributed by atoms with Crippen molar-refractivity contribution in [3.8, 4) is 0 Å². The third-order valence-corrected chi connectivity index (χ3v) is 0. The van der Waals surface area contributed by atoms with Crippen LogP contribution in [0.4, 0.5) is 0 Å². The van der Waals surface area contributed by atoms with Crippen molar-refractivity contribution < 1.29 is 19.2 Å². The molecule has 0 atom stereocenters. The molecule has 0 unspecified atom stereocenters. The Morgan fingerprint density at radius 1 is 1.14 bits per heavy atom. The molecule has 0 heterocycles. The number of hydrogen-bond acceptors (Lipinski definition) is 1. The van der Waals surface area contributed by atoms with E-state index >= 15 is 0 Å². The summed E-state index contributed by atoms with van der Waals surface area (Å²) in [6.07, 6.45) is 0. The summed E-state index contributed by atoms with van der Waals surface area (Å²) in [6.45, 7) is 0. The van der Waals surface area contributed by atoms with E-state index in [0.717, 1.165) is 0 Å². The molecule has 0 bridgehead atoms. The Kier molecular flexibility index (Phi) is 13.8. The van der Waals surface area contributed by atoms with E-state index in [1.54, 1.807) is 0 Å². The molecular weight excluding hydrogens is 511 g/mol. The summed E-state index contributed by atoms with van der Waals surface area (Å²) in [6, 6.07) is 0. The zero-order chi connectivity index (χ0) is 4.50. The molecule has 0 aromatic heterocycles. The Morgan fingerprint density at radius 3 is 1.14 bits per heavy atom. The topological polar surface area (TPSA) is 77.8 Å². The monoisotopic (exact) mass is 520 g/mol. The zero-order valence-electron chi connectivity index (χ0n) is 3.61. The predicted octanol–water partition coefficient (Wildman–Crippen LogP) is -3.03. The average molecular weight is 519 g/mol. The first-order valence-electron chi connectivity index (χ1n) is 0.783. The average Bonchev–Trinajstić information content (AvgIpc) is 0.722. The van der Waals surface area contributed by atoms with Crippen molar-refractivity contribution in [1.29, 1.82) is 0 Å². The summed E-state index contributed by atoms with van der Waals surface area (Å²) in [5.74, 6) is 0. The predicted molar refractivity (Wildman–Crippen MR) is 32.7 cm³/mol. The maximum atomic E-state index is 8.88. The third kappa shape index (κ3) is 75.5. The van der Waals surface area contributed by atoms with Crippen LogP contribution in [0.3, 0.4) is 0 Å². The normalized spacial score (nSPS) is 8.43. The molecule has 3 N–H and O–H groups in total. The van der Waals surface area contributed by atoms with Crippen molar-refractivity contribution in [2.45, 2.75) is 0 Å². The van der Waals surface area contributed by atoms with Gasteiger partial charge in [0.2, 0.25) is 0 Å². The van der Waals surface area contributed by atoms with Crippen molar-refractivity contribution in [3.63, 3.8) is 0 Å². The molecule has 0 amide bonds. The maximum absolute atomic E-state index is 8.88. The van der Waals surface area contributed by atoms with E-state index in [-0.39, 0.29) is 53.5 Å². The van der Waals surface area contributed by atoms with Gasteiger partial charge in [-0.25, -0.2) is 4.57 Å². The zero-order valence-corrected chi connectivity index (χ0v) is 15.5. The van der Waals surface area contributed by atoms with Crippen LogP contribution in [-0.4, -0.2) is 68.2 Å². The number of hydrogen-bond donors (Lipinski definition) is 3. The molecule has 4 nitrogen and oxygen atoms in total. The van der Waals surface area contributed by atoms with Crippen LogP contribution in [-0.2, 0) is 4.57 Å². The number of phosphoric acid groups is 1. The van der Waals surface area contributed by atoms with E-state index in [1.165, 1.54) is 0 Å². The minimum absolute atomic E-state index is 0. The van der Waals surface area contributed by atoms with Gasteiger partial charge in [-0.05, 0) is 0 Å². The van der Waals surface area contributed by atoms with Crippen molar-refractivity contribution in [2.24, 2.45) is 0 Å². The van der Waals surface area contributed by atoms with Crippen LogP contribution >= 0.6 is 7.82 Å². The Balaban J connectivity index is -0.0000000800. The molecule has 46 valence electrons. The first-order valence-corrected chi connectivity index (χ1v) is 2.35. The molecule has 0 fully saturated rings. The van der Waals surface area contributed by atoms with Gasteiger partial charge in [0.1, 0.15) is 0 Å². The fraction of sp³-hybridized carbons (Fsp3) is 0. The van der Waals surface area contributed by atoms with Crippen LogP contribution in [0.1, 0.15) is 0 Å². The standard InChI is InChI=1S/Bi.H3O4P.Pb.5H/c;1-5(2,3)4;;;;;;/h;(H3,1,2,3,4);;;;;;. The van der Waals surface area contributed by atoms with Gasteiger partial charge in [-0.3, -0.25) is 0 Å². The van der Waals surface area contributed by atoms with Crippen LogP contribution in [0.15, 0.2) is 0 Å². The first-order chi connectivity index (χ1) is 2.00. The molecule has 0 rings (SSSR count). The van der Waals surface area contributed by atoms with Gasteiger partial charge in [0, 0.05) is 0 Å². The van der Waals surface area contributed by atoms with Crippen LogP contribution in [0.2, 0.25) is 0 Å². The van der Waals surface area contributed by atoms with E-state index in [1.807, 2.05) is 0 Å². The summed E-state index contributed by atoms with van der Waals surface area (Å²) in [4.78, 5) is 21.6. The second-order valence-corrected chi connectivity index (χ2v) is 1.54. The van der Waals surface area contributed by atoms with Crippen LogP contribution in [0.25, 0.3) is 0 Å². The molecule has 0 aromatic carbocycles. The molecule has 0 aliphatic rings. The third-order valence-electron chi connectivity index (χ3n) is 0. The van der Waals surface area contributed by atoms with Crippen LogP contribution in [0.5, 0.6) is 0 Å². The van der Waals surface area contributed by atoms with Crippen LogP contribution < -0.4 is 0 Å². The molecule has 0 saturated heterocycles. The van der Waals surface area contributed by atoms with Gasteiger partial charge in [0.25, 0.3) is 0 Å². The first kappa shape index (κ1) is 16.0. The van der Waals surface area contributed by atoms with Gasteiger partial charge < -0.3 is 14.7 Å². The van der Waals surface area contributed by atoms with Crippen molar-refractivity contribution in [3.05, 3.63) is 0 Å². The van der Waals surface area contributed by atoms with E-state index < -0.39 is 7.82 Å². The van der Waals surface area contributed by atoms with Gasteiger partial charge in [-0.15, -0.1) is 0 Å². The van der Waals surface area contributed by atoms with Gasteiger partial charge in [0.05, 0.1) is 0 Å². The summed E-state index contributed by atoms with van der Waals surface area (Å²) in [7, 11) is -4.64. The fourth-order valence-corrected chi connectivity index (χ4v) is 0. The minimum atomic E-state index is -4.64. The number of rotatable bonds is 0. The molecule has 7 heteroatoms. The van der Waals surface area contributed by atoms with Gasteiger partial charge >= 0.3 is 61.3 Å². The van der Waals surface area contributed by atoms with Crippen molar-refractivity contribution in [1.82, 2.24) is 0 Å². The quantitative estimate of drug-likeness (QED) is 0.235. The van der Waals surface area contributed by atoms with E-state index in [9.17, 15) is 0 Å². The van der Waals surface area contributed by atoms with Gasteiger partial charge in [-0.2, -0.15) is 0 Å². The van der Waals surface area contributed by atoms with E-state index in [2.05, 4.69) is 0 Å². The Bertz CT molecular complexity index is 57.8. The molecule has 2 radical (unpaired) electrons. The second-order valence-electron chi connectivity index (χ2n) is 0.513. The Labute approximate surface area is 79.8 Å². The molecule has 0 spiro atoms. The molecule has 0 aromatic rings. The Hall–Kier alpha value is 1.92. The summed E-state index contributed by atoms with van der Waals surface area (Å²) in [5, 5.41) is 0. The Morgan fingerprint density at radius 2 is 1.14 bits per heavy atom. The molecular formula is H8BiO4PPb. The second kappa shape index (κ2) is 6.04. The van der Waals surface area contributed by atoms with E-state index in [0.29, 0.717) is 0 Å². The summed E-state index contributed by atoms with van der Waals surface area (Å²) in [5.41, 5.74) is 0. The van der Waals surface area contributed by atoms with Crippen molar-refractivity contribution >= 4 is 61.3 Å². The molecule has 0 aliphatic heterocycles.